The van der Waals surface area contributed by atoms with E-state index in [1.807, 2.05) is 6.92 Å². The zero-order valence-corrected chi connectivity index (χ0v) is 12.3. The molecule has 1 N–H and O–H groups in total. The third-order valence-corrected chi connectivity index (χ3v) is 2.68. The van der Waals surface area contributed by atoms with E-state index < -0.39 is 0 Å². The van der Waals surface area contributed by atoms with Gasteiger partial charge in [0.05, 0.1) is 6.10 Å². The Labute approximate surface area is 107 Å². The van der Waals surface area contributed by atoms with E-state index in [4.69, 9.17) is 0 Å². The van der Waals surface area contributed by atoms with Gasteiger partial charge in [-0.25, -0.2) is 0 Å². The Hall–Kier alpha value is -0.160. The molecule has 1 unspecified atom stereocenters. The van der Waals surface area contributed by atoms with E-state index in [9.17, 15) is 5.11 Å². The molecule has 0 heterocycles. The predicted molar refractivity (Wildman–Crippen MR) is 74.5 cm³/mol. The largest absolute Gasteiger partial charge is 0.392 e. The van der Waals surface area contributed by atoms with Crippen LogP contribution in [0.3, 0.4) is 0 Å². The summed E-state index contributed by atoms with van der Waals surface area (Å²) < 4.78 is 0. The molecule has 4 nitrogen and oxygen atoms in total. The first-order valence-electron chi connectivity index (χ1n) is 6.61. The third kappa shape index (κ3) is 12.1. The van der Waals surface area contributed by atoms with E-state index in [1.54, 1.807) is 0 Å². The van der Waals surface area contributed by atoms with Crippen molar-refractivity contribution >= 4 is 0 Å². The minimum Gasteiger partial charge on any atom is -0.392 e. The standard InChI is InChI=1S/C13H31N3O/c1-13(17)12-16(10-6-8-14(2)3)11-7-9-15(4)5/h13,17H,6-12H2,1-5H3. The minimum absolute atomic E-state index is 0.228. The molecule has 0 bridgehead atoms. The van der Waals surface area contributed by atoms with Crippen LogP contribution in [0.1, 0.15) is 19.8 Å². The Kier molecular flexibility index (Phi) is 9.74. The van der Waals surface area contributed by atoms with E-state index >= 15 is 0 Å². The molecule has 104 valence electrons. The number of hydrogen-bond acceptors (Lipinski definition) is 4. The van der Waals surface area contributed by atoms with Crippen LogP contribution >= 0.6 is 0 Å². The highest BCUT2D eigenvalue weighted by atomic mass is 16.3. The van der Waals surface area contributed by atoms with Crippen molar-refractivity contribution in [2.45, 2.75) is 25.9 Å². The molecule has 0 aromatic rings. The van der Waals surface area contributed by atoms with Crippen molar-refractivity contribution in [2.75, 3.05) is 60.9 Å². The lowest BCUT2D eigenvalue weighted by Gasteiger charge is -2.25. The fraction of sp³-hybridized carbons (Fsp3) is 1.00. The van der Waals surface area contributed by atoms with Crippen molar-refractivity contribution in [3.63, 3.8) is 0 Å². The second-order valence-electron chi connectivity index (χ2n) is 5.46. The van der Waals surface area contributed by atoms with Crippen LogP contribution in [-0.2, 0) is 0 Å². The second kappa shape index (κ2) is 9.83. The van der Waals surface area contributed by atoms with Gasteiger partial charge in [0.15, 0.2) is 0 Å². The molecule has 0 amide bonds. The molecule has 1 atom stereocenters. The first kappa shape index (κ1) is 16.8. The van der Waals surface area contributed by atoms with Crippen molar-refractivity contribution < 1.29 is 5.11 Å². The Morgan fingerprint density at radius 2 is 1.24 bits per heavy atom. The third-order valence-electron chi connectivity index (χ3n) is 2.68. The summed E-state index contributed by atoms with van der Waals surface area (Å²) in [4.78, 5) is 6.79. The van der Waals surface area contributed by atoms with Crippen molar-refractivity contribution in [3.8, 4) is 0 Å². The van der Waals surface area contributed by atoms with E-state index in [-0.39, 0.29) is 6.10 Å². The van der Waals surface area contributed by atoms with Crippen molar-refractivity contribution in [3.05, 3.63) is 0 Å². The van der Waals surface area contributed by atoms with Gasteiger partial charge in [0.25, 0.3) is 0 Å². The molecule has 0 aliphatic rings. The van der Waals surface area contributed by atoms with Gasteiger partial charge in [-0.15, -0.1) is 0 Å². The van der Waals surface area contributed by atoms with Crippen LogP contribution in [0.2, 0.25) is 0 Å². The molecule has 4 heteroatoms. The summed E-state index contributed by atoms with van der Waals surface area (Å²) in [5.74, 6) is 0. The van der Waals surface area contributed by atoms with Crippen LogP contribution in [0.25, 0.3) is 0 Å². The summed E-state index contributed by atoms with van der Waals surface area (Å²) in [5, 5.41) is 9.48. The zero-order valence-electron chi connectivity index (χ0n) is 12.3. The maximum atomic E-state index is 9.48. The number of nitrogens with zero attached hydrogens (tertiary/aromatic N) is 3. The van der Waals surface area contributed by atoms with E-state index in [0.29, 0.717) is 0 Å². The van der Waals surface area contributed by atoms with Gasteiger partial charge in [0, 0.05) is 6.54 Å². The van der Waals surface area contributed by atoms with Gasteiger partial charge in [-0.1, -0.05) is 0 Å². The zero-order chi connectivity index (χ0) is 13.3. The quantitative estimate of drug-likeness (QED) is 0.609. The summed E-state index contributed by atoms with van der Waals surface area (Å²) in [5.41, 5.74) is 0. The van der Waals surface area contributed by atoms with Gasteiger partial charge in [-0.2, -0.15) is 0 Å². The average Bonchev–Trinajstić information content (AvgIpc) is 2.15. The smallest absolute Gasteiger partial charge is 0.0639 e. The number of aliphatic hydroxyl groups is 1. The van der Waals surface area contributed by atoms with Gasteiger partial charge in [0.1, 0.15) is 0 Å². The maximum absolute atomic E-state index is 9.48. The number of hydrogen-bond donors (Lipinski definition) is 1. The molecule has 0 aromatic carbocycles. The van der Waals surface area contributed by atoms with Gasteiger partial charge < -0.3 is 19.8 Å². The molecule has 0 aromatic heterocycles. The number of rotatable bonds is 10. The van der Waals surface area contributed by atoms with Crippen LogP contribution in [0.4, 0.5) is 0 Å². The lowest BCUT2D eigenvalue weighted by molar-refractivity contribution is 0.121. The highest BCUT2D eigenvalue weighted by Crippen LogP contribution is 1.98. The Bertz CT molecular complexity index is 158. The lowest BCUT2D eigenvalue weighted by Crippen LogP contribution is -2.35. The highest BCUT2D eigenvalue weighted by molar-refractivity contribution is 4.63. The van der Waals surface area contributed by atoms with E-state index in [1.165, 1.54) is 12.8 Å². The highest BCUT2D eigenvalue weighted by Gasteiger charge is 2.08. The molecular weight excluding hydrogens is 214 g/mol. The summed E-state index contributed by atoms with van der Waals surface area (Å²) in [6.45, 7) is 7.05. The van der Waals surface area contributed by atoms with Crippen molar-refractivity contribution in [1.82, 2.24) is 14.7 Å². The van der Waals surface area contributed by atoms with Gasteiger partial charge >= 0.3 is 0 Å². The van der Waals surface area contributed by atoms with Gasteiger partial charge in [-0.05, 0) is 74.1 Å². The summed E-state index contributed by atoms with van der Waals surface area (Å²) in [6.07, 6.45) is 2.11. The minimum atomic E-state index is -0.228. The van der Waals surface area contributed by atoms with E-state index in [2.05, 4.69) is 42.9 Å². The molecule has 0 radical (unpaired) electrons. The second-order valence-corrected chi connectivity index (χ2v) is 5.46. The molecule has 0 spiro atoms. The molecule has 0 aliphatic heterocycles. The fourth-order valence-corrected chi connectivity index (χ4v) is 1.89. The van der Waals surface area contributed by atoms with Crippen LogP contribution < -0.4 is 0 Å². The molecule has 0 rings (SSSR count). The first-order valence-corrected chi connectivity index (χ1v) is 6.61. The molecule has 0 saturated carbocycles. The Balaban J connectivity index is 3.79. The normalized spacial score (nSPS) is 13.9. The first-order chi connectivity index (χ1) is 7.91. The fourth-order valence-electron chi connectivity index (χ4n) is 1.89. The predicted octanol–water partition coefficient (Wildman–Crippen LogP) is 0.573. The Morgan fingerprint density at radius 3 is 1.53 bits per heavy atom. The Morgan fingerprint density at radius 1 is 0.824 bits per heavy atom. The van der Waals surface area contributed by atoms with Gasteiger partial charge in [0.2, 0.25) is 0 Å². The molecule has 0 fully saturated rings. The van der Waals surface area contributed by atoms with Gasteiger partial charge in [-0.3, -0.25) is 0 Å². The van der Waals surface area contributed by atoms with Crippen LogP contribution in [-0.4, -0.2) is 86.8 Å². The molecule has 0 aliphatic carbocycles. The van der Waals surface area contributed by atoms with Crippen molar-refractivity contribution in [2.24, 2.45) is 0 Å². The van der Waals surface area contributed by atoms with Crippen molar-refractivity contribution in [1.29, 1.82) is 0 Å². The van der Waals surface area contributed by atoms with E-state index in [0.717, 1.165) is 32.7 Å². The topological polar surface area (TPSA) is 30.0 Å². The molecular formula is C13H31N3O. The summed E-state index contributed by atoms with van der Waals surface area (Å²) in [7, 11) is 8.41. The summed E-state index contributed by atoms with van der Waals surface area (Å²) in [6, 6.07) is 0. The molecule has 17 heavy (non-hydrogen) atoms. The van der Waals surface area contributed by atoms with Crippen LogP contribution in [0, 0.1) is 0 Å². The summed E-state index contributed by atoms with van der Waals surface area (Å²) >= 11 is 0. The lowest BCUT2D eigenvalue weighted by atomic mass is 10.2. The maximum Gasteiger partial charge on any atom is 0.0639 e. The average molecular weight is 245 g/mol. The monoisotopic (exact) mass is 245 g/mol. The molecule has 0 saturated heterocycles. The SMILES string of the molecule is CC(O)CN(CCCN(C)C)CCCN(C)C. The van der Waals surface area contributed by atoms with Crippen LogP contribution in [0.15, 0.2) is 0 Å². The van der Waals surface area contributed by atoms with Crippen LogP contribution in [0.5, 0.6) is 0 Å². The number of aliphatic hydroxyl groups excluding tert-OH is 1.